The lowest BCUT2D eigenvalue weighted by molar-refractivity contribution is -0.386. The van der Waals surface area contributed by atoms with Crippen LogP contribution in [0.5, 0.6) is 0 Å². The van der Waals surface area contributed by atoms with Crippen LogP contribution in [-0.4, -0.2) is 36.9 Å². The Hall–Kier alpha value is -2.94. The zero-order chi connectivity index (χ0) is 20.3. The maximum Gasteiger partial charge on any atom is 0.310 e. The fraction of sp³-hybridized carbons (Fsp3) is 0.316. The number of nitrogens with one attached hydrogen (secondary N) is 1. The summed E-state index contributed by atoms with van der Waals surface area (Å²) in [6.07, 6.45) is 2.45. The van der Waals surface area contributed by atoms with E-state index in [1.54, 1.807) is 0 Å². The van der Waals surface area contributed by atoms with E-state index in [1.165, 1.54) is 18.2 Å². The first kappa shape index (κ1) is 19.8. The minimum atomic E-state index is -3.72. The molecule has 1 aliphatic heterocycles. The average Bonchev–Trinajstić information content (AvgIpc) is 3.04. The van der Waals surface area contributed by atoms with Gasteiger partial charge in [0.05, 0.1) is 4.92 Å². The molecule has 8 nitrogen and oxygen atoms in total. The van der Waals surface area contributed by atoms with Crippen molar-refractivity contribution in [2.75, 3.05) is 18.1 Å². The molecule has 3 rings (SSSR count). The highest BCUT2D eigenvalue weighted by Crippen LogP contribution is 2.32. The van der Waals surface area contributed by atoms with Crippen molar-refractivity contribution in [3.63, 3.8) is 0 Å². The van der Waals surface area contributed by atoms with Gasteiger partial charge < -0.3 is 10.2 Å². The van der Waals surface area contributed by atoms with Gasteiger partial charge in [-0.25, -0.2) is 8.42 Å². The van der Waals surface area contributed by atoms with Crippen LogP contribution in [0.3, 0.4) is 0 Å². The van der Waals surface area contributed by atoms with Crippen molar-refractivity contribution in [1.29, 1.82) is 0 Å². The molecule has 1 N–H and O–H groups in total. The molecule has 0 bridgehead atoms. The summed E-state index contributed by atoms with van der Waals surface area (Å²) >= 11 is 0. The molecule has 0 atom stereocenters. The summed E-state index contributed by atoms with van der Waals surface area (Å²) < 4.78 is 23.7. The van der Waals surface area contributed by atoms with Crippen LogP contribution in [0.25, 0.3) is 0 Å². The van der Waals surface area contributed by atoms with Gasteiger partial charge in [-0.15, -0.1) is 0 Å². The van der Waals surface area contributed by atoms with E-state index in [4.69, 9.17) is 0 Å². The number of anilines is 1. The van der Waals surface area contributed by atoms with Gasteiger partial charge >= 0.3 is 5.69 Å². The molecule has 28 heavy (non-hydrogen) atoms. The number of carbonyl (C=O) groups excluding carboxylic acids is 1. The lowest BCUT2D eigenvalue weighted by Gasteiger charge is -2.15. The lowest BCUT2D eigenvalue weighted by Crippen LogP contribution is -2.23. The summed E-state index contributed by atoms with van der Waals surface area (Å²) in [4.78, 5) is 23.9. The van der Waals surface area contributed by atoms with Crippen LogP contribution in [0.1, 0.15) is 24.0 Å². The minimum Gasteiger partial charge on any atom is -0.375 e. The number of nitrogens with zero attached hydrogens (tertiary/aromatic N) is 2. The van der Waals surface area contributed by atoms with E-state index < -0.39 is 20.4 Å². The van der Waals surface area contributed by atoms with E-state index >= 15 is 0 Å². The molecule has 9 heteroatoms. The van der Waals surface area contributed by atoms with Gasteiger partial charge in [-0.2, -0.15) is 0 Å². The summed E-state index contributed by atoms with van der Waals surface area (Å²) in [5.41, 5.74) is 1.61. The molecule has 0 unspecified atom stereocenters. The highest BCUT2D eigenvalue weighted by atomic mass is 32.2. The molecule has 1 saturated heterocycles. The second-order valence-electron chi connectivity index (χ2n) is 6.77. The van der Waals surface area contributed by atoms with Gasteiger partial charge in [-0.3, -0.25) is 14.9 Å². The minimum absolute atomic E-state index is 0.152. The molecule has 148 valence electrons. The van der Waals surface area contributed by atoms with Crippen LogP contribution in [-0.2, 0) is 27.7 Å². The van der Waals surface area contributed by atoms with Crippen molar-refractivity contribution in [1.82, 2.24) is 4.90 Å². The number of carbonyl (C=O) groups is 1. The van der Waals surface area contributed by atoms with E-state index in [9.17, 15) is 23.3 Å². The number of likely N-dealkylation sites (tertiary alicyclic amines) is 1. The molecule has 2 aromatic carbocycles. The molecule has 1 amide bonds. The van der Waals surface area contributed by atoms with E-state index in [2.05, 4.69) is 5.32 Å². The summed E-state index contributed by atoms with van der Waals surface area (Å²) in [7, 11) is -3.72. The Labute approximate surface area is 163 Å². The SMILES string of the molecule is CS(=O)(=O)c1cccc(NCc2ccc(CN3CCCC3=O)cc2)c1[N+](=O)[O-]. The van der Waals surface area contributed by atoms with Crippen LogP contribution in [0.15, 0.2) is 47.4 Å². The predicted molar refractivity (Wildman–Crippen MR) is 105 cm³/mol. The molecule has 0 spiro atoms. The molecule has 1 aliphatic rings. The first-order valence-corrected chi connectivity index (χ1v) is 10.7. The second kappa shape index (κ2) is 7.97. The zero-order valence-electron chi connectivity index (χ0n) is 15.4. The summed E-state index contributed by atoms with van der Waals surface area (Å²) in [5, 5.41) is 14.4. The van der Waals surface area contributed by atoms with Gasteiger partial charge in [0.1, 0.15) is 10.6 Å². The Morgan fingerprint density at radius 3 is 2.39 bits per heavy atom. The van der Waals surface area contributed by atoms with Crippen LogP contribution in [0.2, 0.25) is 0 Å². The first-order valence-electron chi connectivity index (χ1n) is 8.82. The van der Waals surface area contributed by atoms with Crippen LogP contribution in [0, 0.1) is 10.1 Å². The van der Waals surface area contributed by atoms with Gasteiger partial charge in [0.2, 0.25) is 5.91 Å². The molecular formula is C19H21N3O5S. The number of hydrogen-bond acceptors (Lipinski definition) is 6. The highest BCUT2D eigenvalue weighted by molar-refractivity contribution is 7.90. The average molecular weight is 403 g/mol. The molecule has 0 radical (unpaired) electrons. The van der Waals surface area contributed by atoms with Crippen LogP contribution in [0.4, 0.5) is 11.4 Å². The molecule has 1 fully saturated rings. The lowest BCUT2D eigenvalue weighted by atomic mass is 10.1. The number of nitro benzene ring substituents is 1. The Balaban J connectivity index is 1.72. The molecule has 0 aliphatic carbocycles. The third-order valence-corrected chi connectivity index (χ3v) is 5.76. The third-order valence-electron chi connectivity index (χ3n) is 4.63. The molecule has 2 aromatic rings. The molecule has 0 aromatic heterocycles. The highest BCUT2D eigenvalue weighted by Gasteiger charge is 2.26. The first-order chi connectivity index (χ1) is 13.3. The summed E-state index contributed by atoms with van der Waals surface area (Å²) in [5.74, 6) is 0.170. The van der Waals surface area contributed by atoms with Crippen molar-refractivity contribution in [3.8, 4) is 0 Å². The zero-order valence-corrected chi connectivity index (χ0v) is 16.2. The Morgan fingerprint density at radius 2 is 1.82 bits per heavy atom. The standard InChI is InChI=1S/C19H21N3O5S/c1-28(26,27)17-5-2-4-16(19(17)22(24)25)20-12-14-7-9-15(10-8-14)13-21-11-3-6-18(21)23/h2,4-5,7-10,20H,3,6,11-13H2,1H3. The topological polar surface area (TPSA) is 110 Å². The largest absolute Gasteiger partial charge is 0.375 e. The Bertz CT molecular complexity index is 1000. The van der Waals surface area contributed by atoms with Crippen molar-refractivity contribution in [2.45, 2.75) is 30.8 Å². The number of para-hydroxylation sites is 1. The predicted octanol–water partition coefficient (Wildman–Crippen LogP) is 2.73. The molecule has 1 heterocycles. The van der Waals surface area contributed by atoms with Crippen molar-refractivity contribution in [3.05, 3.63) is 63.7 Å². The number of amides is 1. The van der Waals surface area contributed by atoms with Crippen molar-refractivity contribution < 1.29 is 18.1 Å². The van der Waals surface area contributed by atoms with Crippen LogP contribution < -0.4 is 5.32 Å². The van der Waals surface area contributed by atoms with E-state index in [0.717, 1.165) is 30.3 Å². The Kier molecular flexibility index (Phi) is 5.64. The Morgan fingerprint density at radius 1 is 1.14 bits per heavy atom. The number of nitro groups is 1. The summed E-state index contributed by atoms with van der Waals surface area (Å²) in [6, 6.07) is 11.8. The normalized spacial score (nSPS) is 14.3. The van der Waals surface area contributed by atoms with Crippen molar-refractivity contribution >= 4 is 27.1 Å². The monoisotopic (exact) mass is 403 g/mol. The fourth-order valence-electron chi connectivity index (χ4n) is 3.20. The number of sulfone groups is 1. The maximum absolute atomic E-state index is 11.8. The fourth-order valence-corrected chi connectivity index (χ4v) is 4.07. The maximum atomic E-state index is 11.8. The molecular weight excluding hydrogens is 382 g/mol. The van der Waals surface area contributed by atoms with E-state index in [0.29, 0.717) is 19.5 Å². The van der Waals surface area contributed by atoms with E-state index in [-0.39, 0.29) is 16.5 Å². The smallest absolute Gasteiger partial charge is 0.310 e. The van der Waals surface area contributed by atoms with Gasteiger partial charge in [0.25, 0.3) is 0 Å². The second-order valence-corrected chi connectivity index (χ2v) is 8.75. The van der Waals surface area contributed by atoms with E-state index in [1.807, 2.05) is 29.2 Å². The summed E-state index contributed by atoms with van der Waals surface area (Å²) in [6.45, 7) is 1.66. The number of hydrogen-bond donors (Lipinski definition) is 1. The quantitative estimate of drug-likeness (QED) is 0.562. The van der Waals surface area contributed by atoms with Gasteiger partial charge in [0.15, 0.2) is 9.84 Å². The number of benzene rings is 2. The molecule has 0 saturated carbocycles. The number of rotatable bonds is 7. The van der Waals surface area contributed by atoms with Crippen molar-refractivity contribution in [2.24, 2.45) is 0 Å². The third kappa shape index (κ3) is 4.48. The van der Waals surface area contributed by atoms with Crippen LogP contribution >= 0.6 is 0 Å². The van der Waals surface area contributed by atoms with Gasteiger partial charge in [-0.1, -0.05) is 30.3 Å². The van der Waals surface area contributed by atoms with Gasteiger partial charge in [-0.05, 0) is 29.7 Å². The van der Waals surface area contributed by atoms with Gasteiger partial charge in [0, 0.05) is 32.3 Å².